The summed E-state index contributed by atoms with van der Waals surface area (Å²) in [7, 11) is 1.69. The molecule has 1 N–H and O–H groups in total. The number of phenols is 1. The van der Waals surface area contributed by atoms with Gasteiger partial charge in [-0.1, -0.05) is 62.4 Å². The molecule has 2 nitrogen and oxygen atoms in total. The van der Waals surface area contributed by atoms with Gasteiger partial charge in [0.2, 0.25) is 0 Å². The molecule has 0 aliphatic heterocycles. The number of hydrogen-bond donors (Lipinski definition) is 1. The van der Waals surface area contributed by atoms with Gasteiger partial charge in [0.05, 0.1) is 7.11 Å². The molecule has 0 spiro atoms. The third-order valence-electron chi connectivity index (χ3n) is 5.77. The molecular formula is C24H24O2. The van der Waals surface area contributed by atoms with Gasteiger partial charge in [0, 0.05) is 5.41 Å². The monoisotopic (exact) mass is 344 g/mol. The van der Waals surface area contributed by atoms with E-state index in [4.69, 9.17) is 4.74 Å². The molecule has 3 aromatic carbocycles. The van der Waals surface area contributed by atoms with E-state index in [2.05, 4.69) is 62.4 Å². The highest BCUT2D eigenvalue weighted by molar-refractivity contribution is 5.60. The van der Waals surface area contributed by atoms with Gasteiger partial charge in [0.1, 0.15) is 11.5 Å². The number of phenolic OH excluding ortho intramolecular Hbond substituents is 1. The Kier molecular flexibility index (Phi) is 3.80. The van der Waals surface area contributed by atoms with Crippen LogP contribution in [0.5, 0.6) is 11.5 Å². The summed E-state index contributed by atoms with van der Waals surface area (Å²) >= 11 is 0. The number of rotatable bonds is 3. The van der Waals surface area contributed by atoms with E-state index in [0.717, 1.165) is 12.2 Å². The number of methoxy groups -OCH3 is 1. The fraction of sp³-hybridized carbons (Fsp3) is 0.250. The molecule has 0 fully saturated rings. The van der Waals surface area contributed by atoms with Gasteiger partial charge < -0.3 is 9.84 Å². The van der Waals surface area contributed by atoms with Crippen LogP contribution in [0.25, 0.3) is 0 Å². The first-order valence-electron chi connectivity index (χ1n) is 9.01. The molecule has 0 amide bonds. The van der Waals surface area contributed by atoms with Crippen LogP contribution in [-0.4, -0.2) is 12.2 Å². The Morgan fingerprint density at radius 1 is 0.769 bits per heavy atom. The molecular weight excluding hydrogens is 320 g/mol. The Morgan fingerprint density at radius 3 is 1.88 bits per heavy atom. The van der Waals surface area contributed by atoms with Crippen LogP contribution in [0.15, 0.2) is 72.8 Å². The molecule has 2 heteroatoms. The molecule has 0 radical (unpaired) electrons. The van der Waals surface area contributed by atoms with Gasteiger partial charge >= 0.3 is 0 Å². The van der Waals surface area contributed by atoms with Crippen LogP contribution in [0, 0.1) is 0 Å². The van der Waals surface area contributed by atoms with E-state index < -0.39 is 0 Å². The van der Waals surface area contributed by atoms with Gasteiger partial charge in [-0.3, -0.25) is 0 Å². The second-order valence-electron chi connectivity index (χ2n) is 7.79. The Labute approximate surface area is 155 Å². The molecule has 1 atom stereocenters. The lowest BCUT2D eigenvalue weighted by Crippen LogP contribution is -2.28. The quantitative estimate of drug-likeness (QED) is 0.688. The average Bonchev–Trinajstić information content (AvgIpc) is 2.91. The summed E-state index contributed by atoms with van der Waals surface area (Å²) in [6.45, 7) is 4.63. The van der Waals surface area contributed by atoms with Gasteiger partial charge in [-0.15, -0.1) is 0 Å². The average molecular weight is 344 g/mol. The molecule has 132 valence electrons. The zero-order valence-electron chi connectivity index (χ0n) is 15.5. The van der Waals surface area contributed by atoms with Crippen LogP contribution in [0.2, 0.25) is 0 Å². The predicted octanol–water partition coefficient (Wildman–Crippen LogP) is 5.42. The van der Waals surface area contributed by atoms with Gasteiger partial charge in [0.25, 0.3) is 0 Å². The Hall–Kier alpha value is -2.74. The van der Waals surface area contributed by atoms with Crippen LogP contribution in [-0.2, 0) is 10.8 Å². The van der Waals surface area contributed by atoms with E-state index in [1.807, 2.05) is 12.1 Å². The van der Waals surface area contributed by atoms with E-state index in [1.54, 1.807) is 19.2 Å². The molecule has 1 aliphatic carbocycles. The standard InChI is InChI=1S/C24H24O2/c1-23(2)16-24(17-8-12-19(25)13-9-17,22-7-5-4-6-21(22)23)18-10-14-20(26-3)15-11-18/h4-15,25H,16H2,1-3H3. The molecule has 1 aliphatic rings. The fourth-order valence-corrected chi connectivity index (χ4v) is 4.60. The topological polar surface area (TPSA) is 29.5 Å². The highest BCUT2D eigenvalue weighted by atomic mass is 16.5. The van der Waals surface area contributed by atoms with Crippen molar-refractivity contribution >= 4 is 0 Å². The summed E-state index contributed by atoms with van der Waals surface area (Å²) in [6, 6.07) is 24.8. The van der Waals surface area contributed by atoms with Crippen molar-refractivity contribution in [2.75, 3.05) is 7.11 Å². The van der Waals surface area contributed by atoms with E-state index in [9.17, 15) is 5.11 Å². The van der Waals surface area contributed by atoms with Crippen molar-refractivity contribution in [1.82, 2.24) is 0 Å². The number of aromatic hydroxyl groups is 1. The lowest BCUT2D eigenvalue weighted by atomic mass is 9.68. The number of hydrogen-bond acceptors (Lipinski definition) is 2. The highest BCUT2D eigenvalue weighted by Crippen LogP contribution is 2.56. The summed E-state index contributed by atoms with van der Waals surface area (Å²) in [5.41, 5.74) is 5.03. The predicted molar refractivity (Wildman–Crippen MR) is 105 cm³/mol. The summed E-state index contributed by atoms with van der Waals surface area (Å²) in [6.07, 6.45) is 0.983. The third-order valence-corrected chi connectivity index (χ3v) is 5.77. The zero-order valence-corrected chi connectivity index (χ0v) is 15.5. The van der Waals surface area contributed by atoms with Crippen molar-refractivity contribution in [2.24, 2.45) is 0 Å². The Bertz CT molecular complexity index is 923. The van der Waals surface area contributed by atoms with Crippen molar-refractivity contribution < 1.29 is 9.84 Å². The maximum atomic E-state index is 9.80. The van der Waals surface area contributed by atoms with E-state index in [-0.39, 0.29) is 10.8 Å². The van der Waals surface area contributed by atoms with Crippen LogP contribution < -0.4 is 4.74 Å². The fourth-order valence-electron chi connectivity index (χ4n) is 4.60. The first-order chi connectivity index (χ1) is 12.5. The molecule has 0 saturated carbocycles. The first-order valence-corrected chi connectivity index (χ1v) is 9.01. The van der Waals surface area contributed by atoms with E-state index in [1.165, 1.54) is 22.3 Å². The minimum absolute atomic E-state index is 0.0639. The van der Waals surface area contributed by atoms with Crippen LogP contribution >= 0.6 is 0 Å². The normalized spacial score (nSPS) is 20.6. The van der Waals surface area contributed by atoms with Crippen LogP contribution in [0.4, 0.5) is 0 Å². The maximum absolute atomic E-state index is 9.80. The van der Waals surface area contributed by atoms with Crippen molar-refractivity contribution in [3.05, 3.63) is 95.1 Å². The molecule has 0 saturated heterocycles. The van der Waals surface area contributed by atoms with Crippen molar-refractivity contribution in [1.29, 1.82) is 0 Å². The summed E-state index contributed by atoms with van der Waals surface area (Å²) < 4.78 is 5.36. The first kappa shape index (κ1) is 16.7. The van der Waals surface area contributed by atoms with Crippen molar-refractivity contribution in [3.63, 3.8) is 0 Å². The second-order valence-corrected chi connectivity index (χ2v) is 7.79. The number of benzene rings is 3. The largest absolute Gasteiger partial charge is 0.508 e. The molecule has 0 bridgehead atoms. The molecule has 4 rings (SSSR count). The molecule has 0 heterocycles. The second kappa shape index (κ2) is 5.91. The summed E-state index contributed by atoms with van der Waals surface area (Å²) in [5, 5.41) is 9.80. The van der Waals surface area contributed by atoms with Gasteiger partial charge in [-0.2, -0.15) is 0 Å². The van der Waals surface area contributed by atoms with E-state index >= 15 is 0 Å². The van der Waals surface area contributed by atoms with Crippen molar-refractivity contribution in [3.8, 4) is 11.5 Å². The summed E-state index contributed by atoms with van der Waals surface area (Å²) in [4.78, 5) is 0. The third kappa shape index (κ3) is 2.40. The lowest BCUT2D eigenvalue weighted by Gasteiger charge is -2.34. The minimum Gasteiger partial charge on any atom is -0.508 e. The van der Waals surface area contributed by atoms with Crippen molar-refractivity contribution in [2.45, 2.75) is 31.1 Å². The molecule has 3 aromatic rings. The highest BCUT2D eigenvalue weighted by Gasteiger charge is 2.49. The van der Waals surface area contributed by atoms with Gasteiger partial charge in [-0.05, 0) is 58.4 Å². The van der Waals surface area contributed by atoms with Crippen LogP contribution in [0.3, 0.4) is 0 Å². The Morgan fingerprint density at radius 2 is 1.31 bits per heavy atom. The Balaban J connectivity index is 2.01. The molecule has 26 heavy (non-hydrogen) atoms. The van der Waals surface area contributed by atoms with Crippen LogP contribution in [0.1, 0.15) is 42.5 Å². The maximum Gasteiger partial charge on any atom is 0.118 e. The lowest BCUT2D eigenvalue weighted by molar-refractivity contribution is 0.413. The SMILES string of the molecule is COc1ccc(C2(c3ccc(O)cc3)CC(C)(C)c3ccccc32)cc1. The van der Waals surface area contributed by atoms with E-state index in [0.29, 0.717) is 5.75 Å². The smallest absolute Gasteiger partial charge is 0.118 e. The van der Waals surface area contributed by atoms with Gasteiger partial charge in [-0.25, -0.2) is 0 Å². The molecule has 1 unspecified atom stereocenters. The summed E-state index contributed by atoms with van der Waals surface area (Å²) in [5.74, 6) is 1.16. The number of fused-ring (bicyclic) bond motifs is 1. The molecule has 0 aromatic heterocycles. The zero-order chi connectivity index (χ0) is 18.4. The number of ether oxygens (including phenoxy) is 1. The van der Waals surface area contributed by atoms with Gasteiger partial charge in [0.15, 0.2) is 0 Å². The minimum atomic E-state index is -0.236.